The van der Waals surface area contributed by atoms with Crippen molar-refractivity contribution < 1.29 is 18.7 Å². The maximum absolute atomic E-state index is 13.6. The molecule has 0 aliphatic rings. The van der Waals surface area contributed by atoms with Gasteiger partial charge in [-0.2, -0.15) is 0 Å². The molecule has 210 valence electrons. The fourth-order valence-corrected chi connectivity index (χ4v) is 3.72. The lowest BCUT2D eigenvalue weighted by Crippen LogP contribution is -2.29. The predicted octanol–water partition coefficient (Wildman–Crippen LogP) is 7.53. The van der Waals surface area contributed by atoms with Gasteiger partial charge in [0.1, 0.15) is 17.4 Å². The van der Waals surface area contributed by atoms with Gasteiger partial charge in [0.25, 0.3) is 0 Å². The van der Waals surface area contributed by atoms with E-state index in [0.29, 0.717) is 35.3 Å². The van der Waals surface area contributed by atoms with Crippen LogP contribution in [0.1, 0.15) is 80.1 Å². The second kappa shape index (κ2) is 17.6. The first-order valence-corrected chi connectivity index (χ1v) is 13.8. The van der Waals surface area contributed by atoms with Crippen LogP contribution in [0.2, 0.25) is 5.02 Å². The van der Waals surface area contributed by atoms with Crippen LogP contribution in [-0.4, -0.2) is 25.2 Å². The summed E-state index contributed by atoms with van der Waals surface area (Å²) in [5, 5.41) is 4.76. The number of hydrogen-bond acceptors (Lipinski definition) is 5. The molecule has 0 aliphatic carbocycles. The Morgan fingerprint density at radius 1 is 1.21 bits per heavy atom. The average molecular weight is 547 g/mol. The van der Waals surface area contributed by atoms with Gasteiger partial charge in [0.2, 0.25) is 0 Å². The summed E-state index contributed by atoms with van der Waals surface area (Å²) < 4.78 is 25.7. The Kier molecular flexibility index (Phi) is 15.4. The van der Waals surface area contributed by atoms with E-state index in [1.807, 2.05) is 26.0 Å². The first kappa shape index (κ1) is 33.2. The Hall–Kier alpha value is -2.86. The minimum atomic E-state index is -0.472. The molecule has 1 N–H and O–H groups in total. The highest BCUT2D eigenvalue weighted by atomic mass is 35.5. The first-order valence-electron chi connectivity index (χ1n) is 13.4. The third-order valence-electron chi connectivity index (χ3n) is 6.12. The monoisotopic (exact) mass is 546 g/mol. The topological polar surface area (TPSA) is 59.9 Å². The van der Waals surface area contributed by atoms with E-state index >= 15 is 0 Å². The number of nitrogens with one attached hydrogen (secondary N) is 1. The van der Waals surface area contributed by atoms with Crippen molar-refractivity contribution in [3.63, 3.8) is 0 Å². The van der Waals surface area contributed by atoms with E-state index in [2.05, 4.69) is 37.7 Å². The number of hydrogen-bond donors (Lipinski definition) is 1. The third-order valence-corrected chi connectivity index (χ3v) is 6.41. The molecule has 0 amide bonds. The van der Waals surface area contributed by atoms with Crippen LogP contribution in [0.5, 0.6) is 11.5 Å². The number of nitrogens with zero attached hydrogens (tertiary/aromatic N) is 1. The molecule has 0 fully saturated rings. The fraction of sp³-hybridized carbons (Fsp3) is 0.484. The molecule has 0 aliphatic heterocycles. The van der Waals surface area contributed by atoms with Crippen LogP contribution in [0.3, 0.4) is 0 Å². The van der Waals surface area contributed by atoms with Crippen LogP contribution in [0, 0.1) is 11.7 Å². The van der Waals surface area contributed by atoms with Crippen LogP contribution in [0.15, 0.2) is 35.3 Å². The largest absolute Gasteiger partial charge is 0.493 e. The summed E-state index contributed by atoms with van der Waals surface area (Å²) in [5.74, 6) is 2.21. The van der Waals surface area contributed by atoms with Gasteiger partial charge in [0, 0.05) is 23.5 Å². The quantitative estimate of drug-likeness (QED) is 0.264. The van der Waals surface area contributed by atoms with E-state index in [9.17, 15) is 9.18 Å². The molecule has 0 bridgehead atoms. The number of carbonyl (C=O) groups is 1. The van der Waals surface area contributed by atoms with Crippen LogP contribution >= 0.6 is 11.6 Å². The maximum atomic E-state index is 13.6. The molecule has 2 rings (SSSR count). The van der Waals surface area contributed by atoms with Gasteiger partial charge in [-0.15, -0.1) is 0 Å². The van der Waals surface area contributed by atoms with E-state index in [1.54, 1.807) is 26.3 Å². The molecular weight excluding hydrogens is 503 g/mol. The normalized spacial score (nSPS) is 13.3. The predicted molar refractivity (Wildman–Crippen MR) is 159 cm³/mol. The zero-order chi connectivity index (χ0) is 28.7. The lowest BCUT2D eigenvalue weighted by Gasteiger charge is -2.23. The highest BCUT2D eigenvalue weighted by Crippen LogP contribution is 2.28. The zero-order valence-electron chi connectivity index (χ0n) is 24.0. The highest BCUT2D eigenvalue weighted by Gasteiger charge is 2.17. The summed E-state index contributed by atoms with van der Waals surface area (Å²) in [6, 6.07) is 8.23. The summed E-state index contributed by atoms with van der Waals surface area (Å²) >= 11 is 5.96. The summed E-state index contributed by atoms with van der Waals surface area (Å²) in [6.45, 7) is 16.1. The van der Waals surface area contributed by atoms with E-state index in [1.165, 1.54) is 12.1 Å². The molecule has 0 aromatic heterocycles. The van der Waals surface area contributed by atoms with Crippen molar-refractivity contribution in [3.8, 4) is 11.5 Å². The number of methoxy groups -OCH3 is 1. The van der Waals surface area contributed by atoms with Crippen LogP contribution in [0.4, 0.5) is 10.1 Å². The number of benzene rings is 2. The van der Waals surface area contributed by atoms with Gasteiger partial charge < -0.3 is 19.6 Å². The minimum absolute atomic E-state index is 0.0391. The summed E-state index contributed by atoms with van der Waals surface area (Å²) in [6.07, 6.45) is 7.75. The van der Waals surface area contributed by atoms with Crippen molar-refractivity contribution in [2.24, 2.45) is 10.9 Å². The molecule has 5 nitrogen and oxygen atoms in total. The number of ketones is 1. The SMILES string of the molecule is C=c1cc(OC)c(OC(CCCC)CC(C)CC)c/c1=C(/N=C\C)Nc1ccc(F)c(Cl)c1.CCC(C)=O. The van der Waals surface area contributed by atoms with E-state index < -0.39 is 5.82 Å². The summed E-state index contributed by atoms with van der Waals surface area (Å²) in [7, 11) is 1.63. The van der Waals surface area contributed by atoms with Crippen LogP contribution in [-0.2, 0) is 4.79 Å². The van der Waals surface area contributed by atoms with E-state index in [-0.39, 0.29) is 16.9 Å². The van der Waals surface area contributed by atoms with Gasteiger partial charge in [0.05, 0.1) is 18.2 Å². The Morgan fingerprint density at radius 2 is 1.89 bits per heavy atom. The summed E-state index contributed by atoms with van der Waals surface area (Å²) in [5.41, 5.74) is 0.622. The smallest absolute Gasteiger partial charge is 0.162 e. The van der Waals surface area contributed by atoms with Crippen molar-refractivity contribution in [3.05, 3.63) is 51.6 Å². The second-order valence-corrected chi connectivity index (χ2v) is 9.74. The Morgan fingerprint density at radius 3 is 2.42 bits per heavy atom. The van der Waals surface area contributed by atoms with Crippen molar-refractivity contribution in [1.29, 1.82) is 0 Å². The highest BCUT2D eigenvalue weighted by molar-refractivity contribution is 6.31. The lowest BCUT2D eigenvalue weighted by atomic mass is 9.98. The average Bonchev–Trinajstić information content (AvgIpc) is 2.89. The number of unbranched alkanes of at least 4 members (excludes halogenated alkanes) is 1. The van der Waals surface area contributed by atoms with E-state index in [4.69, 9.17) is 21.1 Å². The first-order chi connectivity index (χ1) is 18.1. The molecule has 2 aromatic rings. The van der Waals surface area contributed by atoms with Crippen molar-refractivity contribution in [2.75, 3.05) is 12.4 Å². The Balaban J connectivity index is 0.00000132. The van der Waals surface area contributed by atoms with Gasteiger partial charge in [0.15, 0.2) is 11.5 Å². The molecule has 7 heteroatoms. The van der Waals surface area contributed by atoms with Crippen LogP contribution in [0.25, 0.3) is 12.4 Å². The standard InChI is InChI=1S/C27H36ClFN2O2.C4H8O/c1-7-10-11-21(14-18(4)8-2)33-26-17-22(19(5)15-25(26)32-6)27(30-9-3)31-20-12-13-24(29)23(28)16-20;1-3-4(2)5/h9,12-13,15-18,21,31H,5,7-8,10-11,14H2,1-4,6H3;3H2,1-2H3/b27-22+,30-9-;. The minimum Gasteiger partial charge on any atom is -0.493 e. The number of ether oxygens (including phenoxy) is 2. The zero-order valence-corrected chi connectivity index (χ0v) is 24.8. The Bertz CT molecular complexity index is 1170. The van der Waals surface area contributed by atoms with Gasteiger partial charge in [-0.3, -0.25) is 0 Å². The number of Topliss-reactive ketones (excluding diaryl/α,β-unsaturated/α-hetero) is 1. The molecule has 0 heterocycles. The molecule has 2 atom stereocenters. The molecule has 0 saturated carbocycles. The number of carbonyl (C=O) groups excluding carboxylic acids is 1. The molecule has 0 spiro atoms. The van der Waals surface area contributed by atoms with Crippen molar-refractivity contribution in [1.82, 2.24) is 0 Å². The molecular formula is C31H44ClFN2O3. The van der Waals surface area contributed by atoms with Crippen molar-refractivity contribution >= 4 is 41.7 Å². The molecule has 2 unspecified atom stereocenters. The maximum Gasteiger partial charge on any atom is 0.162 e. The number of rotatable bonds is 13. The van der Waals surface area contributed by atoms with Gasteiger partial charge in [-0.25, -0.2) is 9.38 Å². The Labute approximate surface area is 232 Å². The molecule has 38 heavy (non-hydrogen) atoms. The fourth-order valence-electron chi connectivity index (χ4n) is 3.53. The number of aliphatic imine (C=N–C) groups is 1. The van der Waals surface area contributed by atoms with Gasteiger partial charge in [-0.1, -0.05) is 65.1 Å². The summed E-state index contributed by atoms with van der Waals surface area (Å²) in [4.78, 5) is 14.3. The van der Waals surface area contributed by atoms with Crippen molar-refractivity contribution in [2.45, 2.75) is 86.2 Å². The molecule has 0 radical (unpaired) electrons. The van der Waals surface area contributed by atoms with E-state index in [0.717, 1.165) is 42.5 Å². The third kappa shape index (κ3) is 11.3. The van der Waals surface area contributed by atoms with Crippen LogP contribution < -0.4 is 25.2 Å². The molecule has 2 aromatic carbocycles. The van der Waals surface area contributed by atoms with Gasteiger partial charge >= 0.3 is 0 Å². The number of anilines is 1. The van der Waals surface area contributed by atoms with Gasteiger partial charge in [-0.05, 0) is 68.2 Å². The molecule has 0 saturated heterocycles. The number of halogens is 2. The lowest BCUT2D eigenvalue weighted by molar-refractivity contribution is -0.116. The second-order valence-electron chi connectivity index (χ2n) is 9.34.